The topological polar surface area (TPSA) is 0 Å². The number of hydrogen-bond acceptors (Lipinski definition) is 1. The Bertz CT molecular complexity index is 156. The summed E-state index contributed by atoms with van der Waals surface area (Å²) in [7, 11) is 20.7. The van der Waals surface area contributed by atoms with Crippen molar-refractivity contribution in [3.8, 4) is 0 Å². The van der Waals surface area contributed by atoms with Gasteiger partial charge in [-0.3, -0.25) is 0 Å². The van der Waals surface area contributed by atoms with Crippen molar-refractivity contribution < 1.29 is 0 Å². The second-order valence-corrected chi connectivity index (χ2v) is 1.90. The predicted molar refractivity (Wildman–Crippen MR) is 47.1 cm³/mol. The molecule has 0 aliphatic carbocycles. The van der Waals surface area contributed by atoms with Gasteiger partial charge in [0.15, 0.2) is 0 Å². The molecule has 8 radical (unpaired) electrons. The van der Waals surface area contributed by atoms with Gasteiger partial charge >= 0.3 is 0 Å². The summed E-state index contributed by atoms with van der Waals surface area (Å²) in [6.45, 7) is 0. The summed E-state index contributed by atoms with van der Waals surface area (Å²) in [6.07, 6.45) is 0. The molecule has 0 N–H and O–H groups in total. The van der Waals surface area contributed by atoms with Crippen molar-refractivity contribution in [3.63, 3.8) is 0 Å². The minimum absolute atomic E-state index is 0.175. The van der Waals surface area contributed by atoms with Crippen LogP contribution < -0.4 is 0 Å². The molecule has 0 saturated carbocycles. The van der Waals surface area contributed by atoms with E-state index in [0.717, 1.165) is 0 Å². The third kappa shape index (κ3) is 2.95. The first kappa shape index (κ1) is 9.09. The highest BCUT2D eigenvalue weighted by molar-refractivity contribution is 7.86. The van der Waals surface area contributed by atoms with E-state index >= 15 is 0 Å². The van der Waals surface area contributed by atoms with Gasteiger partial charge in [0.1, 0.15) is 31.4 Å². The molecule has 0 aromatic rings. The average Bonchev–Trinajstić information content (AvgIpc) is 1.84. The summed E-state index contributed by atoms with van der Waals surface area (Å²) in [4.78, 5) is 0.175. The number of thiol groups is 1. The van der Waals surface area contributed by atoms with Gasteiger partial charge in [-0.2, -0.15) is 12.6 Å². The molecule has 0 unspecified atom stereocenters. The lowest BCUT2D eigenvalue weighted by atomic mass is 9.72. The van der Waals surface area contributed by atoms with E-state index in [2.05, 4.69) is 12.6 Å². The quantitative estimate of drug-likeness (QED) is 0.275. The summed E-state index contributed by atoms with van der Waals surface area (Å²) in [5.41, 5.74) is 0.448. The predicted octanol–water partition coefficient (Wildman–Crippen LogP) is -0.399. The van der Waals surface area contributed by atoms with Gasteiger partial charge in [0, 0.05) is 0 Å². The van der Waals surface area contributed by atoms with Crippen molar-refractivity contribution in [2.45, 2.75) is 0 Å². The maximum atomic E-state index is 5.28. The van der Waals surface area contributed by atoms with Gasteiger partial charge in [-0.1, -0.05) is 4.80 Å². The smallest absolute Gasteiger partial charge is 0.122 e. The van der Waals surface area contributed by atoms with Gasteiger partial charge < -0.3 is 0 Å². The van der Waals surface area contributed by atoms with Crippen LogP contribution in [-0.4, -0.2) is 31.4 Å². The first-order valence-corrected chi connectivity index (χ1v) is 2.66. The van der Waals surface area contributed by atoms with E-state index < -0.39 is 0 Å². The summed E-state index contributed by atoms with van der Waals surface area (Å²) < 4.78 is 0. The minimum Gasteiger partial charge on any atom is -0.160 e. The molecule has 0 rings (SSSR count). The van der Waals surface area contributed by atoms with E-state index in [-0.39, 0.29) is 15.7 Å². The second kappa shape index (κ2) is 3.99. The Morgan fingerprint density at radius 1 is 1.22 bits per heavy atom. The van der Waals surface area contributed by atoms with Gasteiger partial charge in [-0.05, 0) is 0 Å². The molecule has 0 atom stereocenters. The van der Waals surface area contributed by atoms with Crippen molar-refractivity contribution in [3.05, 3.63) is 21.7 Å². The third-order valence-corrected chi connectivity index (χ3v) is 1.01. The Balaban J connectivity index is 4.40. The molecule has 9 heavy (non-hydrogen) atoms. The maximum Gasteiger partial charge on any atom is 0.122 e. The Labute approximate surface area is 66.2 Å². The van der Waals surface area contributed by atoms with Gasteiger partial charge in [0.2, 0.25) is 0 Å². The van der Waals surface area contributed by atoms with Crippen LogP contribution in [0.4, 0.5) is 0 Å². The molecule has 0 aromatic heterocycles. The maximum absolute atomic E-state index is 5.28. The van der Waals surface area contributed by atoms with E-state index in [4.69, 9.17) is 31.4 Å². The van der Waals surface area contributed by atoms with Gasteiger partial charge in [-0.25, -0.2) is 0 Å². The van der Waals surface area contributed by atoms with Crippen molar-refractivity contribution in [2.24, 2.45) is 0 Å². The van der Waals surface area contributed by atoms with Crippen LogP contribution in [0.25, 0.3) is 0 Å². The van der Waals surface area contributed by atoms with Gasteiger partial charge in [-0.15, -0.1) is 16.9 Å². The van der Waals surface area contributed by atoms with E-state index in [9.17, 15) is 0 Å². The van der Waals surface area contributed by atoms with Crippen LogP contribution in [0.15, 0.2) is 21.7 Å². The van der Waals surface area contributed by atoms with Crippen molar-refractivity contribution in [2.75, 3.05) is 0 Å². The Kier molecular flexibility index (Phi) is 4.03. The standard InChI is InChI=1S/C4H2B4S/c5-1-2(6)3(7)4(8)9/h1,9H/b2-1-,4-3+. The fourth-order valence-corrected chi connectivity index (χ4v) is 0.367. The van der Waals surface area contributed by atoms with Gasteiger partial charge in [0.25, 0.3) is 0 Å². The monoisotopic (exact) mass is 126 g/mol. The largest absolute Gasteiger partial charge is 0.160 e. The second-order valence-electron chi connectivity index (χ2n) is 1.42. The molecule has 5 heteroatoms. The van der Waals surface area contributed by atoms with Crippen molar-refractivity contribution >= 4 is 44.0 Å². The first-order valence-electron chi connectivity index (χ1n) is 2.21. The van der Waals surface area contributed by atoms with Gasteiger partial charge in [0.05, 0.1) is 0 Å². The first-order chi connectivity index (χ1) is 4.09. The highest BCUT2D eigenvalue weighted by atomic mass is 32.1. The molecule has 0 spiro atoms. The van der Waals surface area contributed by atoms with E-state index in [1.54, 1.807) is 0 Å². The zero-order valence-corrected chi connectivity index (χ0v) is 5.73. The molecule has 0 heterocycles. The lowest BCUT2D eigenvalue weighted by molar-refractivity contribution is 1.87. The zero-order chi connectivity index (χ0) is 7.44. The Hall–Kier alpha value is 0.0897. The number of rotatable bonds is 1. The van der Waals surface area contributed by atoms with Crippen LogP contribution in [-0.2, 0) is 0 Å². The van der Waals surface area contributed by atoms with Crippen LogP contribution in [0.2, 0.25) is 0 Å². The number of hydrogen-bond donors (Lipinski definition) is 1. The highest BCUT2D eigenvalue weighted by Crippen LogP contribution is 2.06. The Morgan fingerprint density at radius 3 is 1.78 bits per heavy atom. The summed E-state index contributed by atoms with van der Waals surface area (Å²) >= 11 is 3.74. The Morgan fingerprint density at radius 2 is 1.67 bits per heavy atom. The highest BCUT2D eigenvalue weighted by Gasteiger charge is 1.90. The molecule has 0 saturated heterocycles. The van der Waals surface area contributed by atoms with Crippen molar-refractivity contribution in [1.29, 1.82) is 0 Å². The molecule has 0 bridgehead atoms. The van der Waals surface area contributed by atoms with Crippen molar-refractivity contribution in [1.82, 2.24) is 0 Å². The molecular formula is C4H2B4S. The van der Waals surface area contributed by atoms with E-state index in [0.29, 0.717) is 0 Å². The lowest BCUT2D eigenvalue weighted by Crippen LogP contribution is -1.92. The summed E-state index contributed by atoms with van der Waals surface area (Å²) in [5.74, 6) is 1.17. The lowest BCUT2D eigenvalue weighted by Gasteiger charge is -2.02. The molecule has 0 aliphatic rings. The molecule has 0 aromatic carbocycles. The summed E-state index contributed by atoms with van der Waals surface area (Å²) in [5, 5.41) is 0. The fourth-order valence-electron chi connectivity index (χ4n) is 0.238. The third-order valence-electron chi connectivity index (χ3n) is 0.767. The van der Waals surface area contributed by atoms with Crippen LogP contribution in [0.1, 0.15) is 0 Å². The van der Waals surface area contributed by atoms with Crippen LogP contribution in [0.3, 0.4) is 0 Å². The van der Waals surface area contributed by atoms with Crippen LogP contribution >= 0.6 is 12.6 Å². The van der Waals surface area contributed by atoms with Crippen LogP contribution in [0, 0.1) is 0 Å². The average molecular weight is 125 g/mol. The summed E-state index contributed by atoms with van der Waals surface area (Å²) in [6, 6.07) is 0. The minimum atomic E-state index is 0.175. The fraction of sp³-hybridized carbons (Fsp3) is 0. The van der Waals surface area contributed by atoms with E-state index in [1.165, 1.54) is 5.98 Å². The SMILES string of the molecule is [B]/C=C([B])/C([B])=C(/[B])S. The molecule has 0 amide bonds. The molecule has 0 nitrogen and oxygen atoms in total. The molecule has 0 fully saturated rings. The van der Waals surface area contributed by atoms with E-state index in [1.807, 2.05) is 0 Å². The molecule has 0 aliphatic heterocycles. The molecule has 36 valence electrons. The van der Waals surface area contributed by atoms with Crippen LogP contribution in [0.5, 0.6) is 0 Å². The zero-order valence-electron chi connectivity index (χ0n) is 4.83. The molecular weight excluding hydrogens is 123 g/mol. The normalized spacial score (nSPS) is 15.0. The number of allylic oxidation sites excluding steroid dienone is 2.